The average molecular weight is 393 g/mol. The lowest BCUT2D eigenvalue weighted by Crippen LogP contribution is -2.60. The van der Waals surface area contributed by atoms with Crippen LogP contribution < -0.4 is 5.43 Å². The molecule has 1 aliphatic heterocycles. The Bertz CT molecular complexity index is 384. The van der Waals surface area contributed by atoms with Gasteiger partial charge in [-0.25, -0.2) is 5.01 Å². The summed E-state index contributed by atoms with van der Waals surface area (Å²) in [4.78, 5) is 0. The van der Waals surface area contributed by atoms with E-state index in [4.69, 9.17) is 0 Å². The number of rotatable bonds is 9. The van der Waals surface area contributed by atoms with Crippen molar-refractivity contribution in [2.75, 3.05) is 13.1 Å². The minimum absolute atomic E-state index is 0.420. The predicted octanol–water partition coefficient (Wildman–Crippen LogP) is 7.73. The Kier molecular flexibility index (Phi) is 11.5. The van der Waals surface area contributed by atoms with E-state index >= 15 is 0 Å². The van der Waals surface area contributed by atoms with Gasteiger partial charge in [0.05, 0.1) is 0 Å². The Morgan fingerprint density at radius 3 is 2.29 bits per heavy atom. The number of nitrogens with zero attached hydrogens (tertiary/aromatic N) is 1. The number of hydrogen-bond donors (Lipinski definition) is 1. The Morgan fingerprint density at radius 1 is 0.821 bits per heavy atom. The molecule has 1 saturated heterocycles. The summed E-state index contributed by atoms with van der Waals surface area (Å²) in [6.45, 7) is 12.1. The second kappa shape index (κ2) is 13.3. The van der Waals surface area contributed by atoms with Crippen molar-refractivity contribution in [2.24, 2.45) is 17.8 Å². The van der Waals surface area contributed by atoms with Gasteiger partial charge in [-0.1, -0.05) is 91.9 Å². The van der Waals surface area contributed by atoms with Crippen molar-refractivity contribution in [3.8, 4) is 0 Å². The molecular formula is C26H52N2. The van der Waals surface area contributed by atoms with Gasteiger partial charge in [0.15, 0.2) is 0 Å². The molecule has 0 radical (unpaired) electrons. The van der Waals surface area contributed by atoms with Crippen molar-refractivity contribution >= 4 is 0 Å². The fraction of sp³-hybridized carbons (Fsp3) is 1.00. The maximum atomic E-state index is 3.98. The van der Waals surface area contributed by atoms with Crippen LogP contribution in [0.25, 0.3) is 0 Å². The minimum Gasteiger partial charge on any atom is -0.255 e. The lowest BCUT2D eigenvalue weighted by molar-refractivity contribution is -0.0445. The third kappa shape index (κ3) is 7.98. The molecule has 2 nitrogen and oxygen atoms in total. The first-order chi connectivity index (χ1) is 13.5. The lowest BCUT2D eigenvalue weighted by atomic mass is 9.69. The van der Waals surface area contributed by atoms with Gasteiger partial charge in [0, 0.05) is 18.6 Å². The topological polar surface area (TPSA) is 15.3 Å². The fourth-order valence-electron chi connectivity index (χ4n) is 5.89. The van der Waals surface area contributed by atoms with Crippen LogP contribution in [0.5, 0.6) is 0 Å². The fourth-order valence-corrected chi connectivity index (χ4v) is 5.89. The first-order valence-corrected chi connectivity index (χ1v) is 13.1. The molecule has 1 N–H and O–H groups in total. The zero-order valence-electron chi connectivity index (χ0n) is 19.9. The highest BCUT2D eigenvalue weighted by Crippen LogP contribution is 2.43. The van der Waals surface area contributed by atoms with Crippen molar-refractivity contribution in [2.45, 2.75) is 136 Å². The van der Waals surface area contributed by atoms with Gasteiger partial charge in [-0.2, -0.15) is 0 Å². The molecule has 2 heteroatoms. The Morgan fingerprint density at radius 2 is 1.50 bits per heavy atom. The van der Waals surface area contributed by atoms with E-state index in [1.807, 2.05) is 0 Å². The highest BCUT2D eigenvalue weighted by molar-refractivity contribution is 4.96. The van der Waals surface area contributed by atoms with Gasteiger partial charge in [-0.15, -0.1) is 0 Å². The second-order valence-electron chi connectivity index (χ2n) is 10.8. The van der Waals surface area contributed by atoms with Crippen molar-refractivity contribution in [1.82, 2.24) is 10.4 Å². The highest BCUT2D eigenvalue weighted by Gasteiger charge is 2.43. The lowest BCUT2D eigenvalue weighted by Gasteiger charge is -2.51. The molecule has 2 rings (SSSR count). The molecule has 0 spiro atoms. The summed E-state index contributed by atoms with van der Waals surface area (Å²) >= 11 is 0. The third-order valence-corrected chi connectivity index (χ3v) is 7.55. The van der Waals surface area contributed by atoms with Crippen LogP contribution in [0, 0.1) is 17.8 Å². The number of hydrogen-bond acceptors (Lipinski definition) is 2. The quantitative estimate of drug-likeness (QED) is 0.432. The molecule has 0 amide bonds. The molecule has 2 fully saturated rings. The maximum Gasteiger partial charge on any atom is 0.0382 e. The highest BCUT2D eigenvalue weighted by atomic mass is 15.5. The molecule has 0 aromatic heterocycles. The van der Waals surface area contributed by atoms with Crippen molar-refractivity contribution in [3.63, 3.8) is 0 Å². The van der Waals surface area contributed by atoms with Gasteiger partial charge in [-0.3, -0.25) is 5.43 Å². The summed E-state index contributed by atoms with van der Waals surface area (Å²) in [5.74, 6) is 2.58. The van der Waals surface area contributed by atoms with E-state index in [1.165, 1.54) is 116 Å². The van der Waals surface area contributed by atoms with Crippen LogP contribution in [0.15, 0.2) is 0 Å². The summed E-state index contributed by atoms with van der Waals surface area (Å²) in [5.41, 5.74) is 4.40. The van der Waals surface area contributed by atoms with Gasteiger partial charge < -0.3 is 0 Å². The summed E-state index contributed by atoms with van der Waals surface area (Å²) in [7, 11) is 0. The summed E-state index contributed by atoms with van der Waals surface area (Å²) in [6.07, 6.45) is 22.9. The molecule has 28 heavy (non-hydrogen) atoms. The second-order valence-corrected chi connectivity index (χ2v) is 10.8. The Balaban J connectivity index is 2.20. The van der Waals surface area contributed by atoms with Gasteiger partial charge >= 0.3 is 0 Å². The Hall–Kier alpha value is -0.0800. The molecular weight excluding hydrogens is 340 g/mol. The number of hydrazine groups is 1. The largest absolute Gasteiger partial charge is 0.255 e. The van der Waals surface area contributed by atoms with E-state index in [9.17, 15) is 0 Å². The smallest absolute Gasteiger partial charge is 0.0382 e. The molecule has 1 saturated carbocycles. The Labute approximate surface area is 177 Å². The zero-order chi connectivity index (χ0) is 20.2. The standard InChI is InChI=1S/C26H52N2/c1-23(2)15-13-18-25-17-9-5-6-10-19-26(25,20-14-16-24(3)4)28-22-12-8-7-11-21-27-28/h23-25,27H,5-22H2,1-4H3. The number of nitrogens with one attached hydrogen (secondary N) is 1. The van der Waals surface area contributed by atoms with E-state index < -0.39 is 0 Å². The van der Waals surface area contributed by atoms with E-state index in [1.54, 1.807) is 0 Å². The molecule has 0 aromatic rings. The average Bonchev–Trinajstić information content (AvgIpc) is 2.59. The van der Waals surface area contributed by atoms with Gasteiger partial charge in [-0.05, 0) is 56.3 Å². The van der Waals surface area contributed by atoms with Gasteiger partial charge in [0.25, 0.3) is 0 Å². The molecule has 2 unspecified atom stereocenters. The van der Waals surface area contributed by atoms with Crippen LogP contribution in [-0.2, 0) is 0 Å². The van der Waals surface area contributed by atoms with E-state index in [-0.39, 0.29) is 0 Å². The molecule has 0 bridgehead atoms. The first kappa shape index (κ1) is 24.2. The third-order valence-electron chi connectivity index (χ3n) is 7.55. The maximum absolute atomic E-state index is 3.98. The normalized spacial score (nSPS) is 28.7. The van der Waals surface area contributed by atoms with Crippen LogP contribution >= 0.6 is 0 Å². The van der Waals surface area contributed by atoms with E-state index in [0.29, 0.717) is 5.54 Å². The predicted molar refractivity (Wildman–Crippen MR) is 124 cm³/mol. The molecule has 1 aliphatic carbocycles. The molecule has 166 valence electrons. The summed E-state index contributed by atoms with van der Waals surface area (Å²) in [6, 6.07) is 0. The van der Waals surface area contributed by atoms with Crippen molar-refractivity contribution in [1.29, 1.82) is 0 Å². The van der Waals surface area contributed by atoms with Crippen molar-refractivity contribution in [3.05, 3.63) is 0 Å². The van der Waals surface area contributed by atoms with Crippen LogP contribution in [0.2, 0.25) is 0 Å². The van der Waals surface area contributed by atoms with Crippen LogP contribution in [0.4, 0.5) is 0 Å². The molecule has 2 aliphatic rings. The first-order valence-electron chi connectivity index (χ1n) is 13.1. The van der Waals surface area contributed by atoms with Crippen molar-refractivity contribution < 1.29 is 0 Å². The van der Waals surface area contributed by atoms with Gasteiger partial charge in [0.2, 0.25) is 0 Å². The van der Waals surface area contributed by atoms with Crippen LogP contribution in [0.1, 0.15) is 130 Å². The van der Waals surface area contributed by atoms with E-state index in [0.717, 1.165) is 17.8 Å². The SMILES string of the molecule is CC(C)CCCC1CCCCCCC1(CCCC(C)C)N1CCCCCCN1. The van der Waals surface area contributed by atoms with Gasteiger partial charge in [0.1, 0.15) is 0 Å². The summed E-state index contributed by atoms with van der Waals surface area (Å²) < 4.78 is 0. The molecule has 0 aromatic carbocycles. The van der Waals surface area contributed by atoms with Crippen LogP contribution in [0.3, 0.4) is 0 Å². The molecule has 1 heterocycles. The monoisotopic (exact) mass is 392 g/mol. The summed E-state index contributed by atoms with van der Waals surface area (Å²) in [5, 5.41) is 2.83. The molecule has 2 atom stereocenters. The van der Waals surface area contributed by atoms with Crippen LogP contribution in [-0.4, -0.2) is 23.6 Å². The minimum atomic E-state index is 0.420. The zero-order valence-corrected chi connectivity index (χ0v) is 19.9. The van der Waals surface area contributed by atoms with E-state index in [2.05, 4.69) is 38.1 Å².